The number of fused-ring (bicyclic) bond motifs is 1. The molecule has 0 atom stereocenters. The molecule has 0 fully saturated rings. The second-order valence-electron chi connectivity index (χ2n) is 2.93. The zero-order valence-corrected chi connectivity index (χ0v) is 8.03. The van der Waals surface area contributed by atoms with Gasteiger partial charge in [-0.15, -0.1) is 0 Å². The number of nitrogens with zero attached hydrogens (tertiary/aromatic N) is 1. The average Bonchev–Trinajstić information content (AvgIpc) is 2.16. The summed E-state index contributed by atoms with van der Waals surface area (Å²) in [6, 6.07) is 6.51. The van der Waals surface area contributed by atoms with E-state index in [1.807, 2.05) is 6.07 Å². The summed E-state index contributed by atoms with van der Waals surface area (Å²) >= 11 is 0. The Morgan fingerprint density at radius 2 is 1.93 bits per heavy atom. The fourth-order valence-corrected chi connectivity index (χ4v) is 1.79. The Labute approximate surface area is 81.4 Å². The van der Waals surface area contributed by atoms with Gasteiger partial charge in [0.15, 0.2) is 0 Å². The van der Waals surface area contributed by atoms with Crippen LogP contribution in [0.2, 0.25) is 0 Å². The maximum absolute atomic E-state index is 11.0. The Kier molecular flexibility index (Phi) is 1.98. The largest absolute Gasteiger partial charge is 0.264 e. The highest BCUT2D eigenvalue weighted by Gasteiger charge is 2.07. The van der Waals surface area contributed by atoms with Crippen LogP contribution in [-0.2, 0) is 10.0 Å². The van der Waals surface area contributed by atoms with Gasteiger partial charge >= 0.3 is 0 Å². The third-order valence-electron chi connectivity index (χ3n) is 1.94. The molecule has 0 saturated carbocycles. The van der Waals surface area contributed by atoms with Crippen molar-refractivity contribution in [3.63, 3.8) is 0 Å². The fraction of sp³-hybridized carbons (Fsp3) is 0. The number of sulfonamides is 1. The highest BCUT2D eigenvalue weighted by atomic mass is 32.2. The molecule has 14 heavy (non-hydrogen) atoms. The summed E-state index contributed by atoms with van der Waals surface area (Å²) in [5.41, 5.74) is 0. The van der Waals surface area contributed by atoms with Crippen LogP contribution in [0, 0.1) is 0 Å². The summed E-state index contributed by atoms with van der Waals surface area (Å²) in [6.45, 7) is 0. The molecule has 1 aromatic heterocycles. The van der Waals surface area contributed by atoms with Gasteiger partial charge in [-0.05, 0) is 23.6 Å². The Bertz CT molecular complexity index is 578. The van der Waals surface area contributed by atoms with Crippen molar-refractivity contribution < 1.29 is 8.42 Å². The van der Waals surface area contributed by atoms with Crippen LogP contribution in [0.1, 0.15) is 0 Å². The number of nitrogens with two attached hydrogens (primary N) is 1. The van der Waals surface area contributed by atoms with Crippen LogP contribution in [0.3, 0.4) is 0 Å². The molecule has 4 nitrogen and oxygen atoms in total. The second-order valence-corrected chi connectivity index (χ2v) is 4.49. The molecule has 2 aromatic rings. The van der Waals surface area contributed by atoms with E-state index in [1.54, 1.807) is 18.5 Å². The summed E-state index contributed by atoms with van der Waals surface area (Å²) < 4.78 is 22.1. The molecule has 1 heterocycles. The maximum atomic E-state index is 11.0. The predicted molar refractivity (Wildman–Crippen MR) is 53.1 cm³/mol. The normalized spacial score (nSPS) is 11.8. The highest BCUT2D eigenvalue weighted by molar-refractivity contribution is 7.89. The van der Waals surface area contributed by atoms with Gasteiger partial charge in [0.2, 0.25) is 10.0 Å². The quantitative estimate of drug-likeness (QED) is 0.756. The molecule has 72 valence electrons. The van der Waals surface area contributed by atoms with E-state index >= 15 is 0 Å². The Hall–Kier alpha value is -1.46. The lowest BCUT2D eigenvalue weighted by Crippen LogP contribution is -2.11. The summed E-state index contributed by atoms with van der Waals surface area (Å²) in [4.78, 5) is 4.01. The van der Waals surface area contributed by atoms with Crippen LogP contribution in [0.25, 0.3) is 10.8 Å². The van der Waals surface area contributed by atoms with Crippen LogP contribution < -0.4 is 5.14 Å². The molecule has 0 spiro atoms. The second kappa shape index (κ2) is 3.04. The van der Waals surface area contributed by atoms with Gasteiger partial charge in [-0.2, -0.15) is 0 Å². The zero-order chi connectivity index (χ0) is 10.2. The van der Waals surface area contributed by atoms with Crippen molar-refractivity contribution in [3.05, 3.63) is 36.7 Å². The van der Waals surface area contributed by atoms with Crippen LogP contribution >= 0.6 is 0 Å². The minimum atomic E-state index is -3.62. The van der Waals surface area contributed by atoms with E-state index in [0.29, 0.717) is 0 Å². The van der Waals surface area contributed by atoms with E-state index in [4.69, 9.17) is 5.14 Å². The van der Waals surface area contributed by atoms with Crippen molar-refractivity contribution in [2.45, 2.75) is 4.90 Å². The zero-order valence-electron chi connectivity index (χ0n) is 7.21. The molecule has 0 unspecified atom stereocenters. The maximum Gasteiger partial charge on any atom is 0.238 e. The summed E-state index contributed by atoms with van der Waals surface area (Å²) in [6.07, 6.45) is 3.25. The standard InChI is InChI=1S/C9H8N2O2S/c10-14(12,13)9-2-1-7-3-4-11-6-8(7)5-9/h1-6H,(H2,10,12,13). The molecule has 0 amide bonds. The van der Waals surface area contributed by atoms with Gasteiger partial charge in [-0.3, -0.25) is 4.98 Å². The molecular weight excluding hydrogens is 200 g/mol. The van der Waals surface area contributed by atoms with E-state index in [1.165, 1.54) is 12.1 Å². The third-order valence-corrected chi connectivity index (χ3v) is 2.85. The number of benzene rings is 1. The van der Waals surface area contributed by atoms with Gasteiger partial charge in [0, 0.05) is 17.8 Å². The monoisotopic (exact) mass is 208 g/mol. The fourth-order valence-electron chi connectivity index (χ4n) is 1.24. The lowest BCUT2D eigenvalue weighted by atomic mass is 10.2. The number of pyridine rings is 1. The highest BCUT2D eigenvalue weighted by Crippen LogP contribution is 2.16. The first-order chi connectivity index (χ1) is 6.57. The Balaban J connectivity index is 2.75. The van der Waals surface area contributed by atoms with Gasteiger partial charge in [-0.25, -0.2) is 13.6 Å². The van der Waals surface area contributed by atoms with Crippen molar-refractivity contribution in [1.82, 2.24) is 4.98 Å². The summed E-state index contributed by atoms with van der Waals surface area (Å²) in [5.74, 6) is 0. The topological polar surface area (TPSA) is 73.1 Å². The smallest absolute Gasteiger partial charge is 0.238 e. The SMILES string of the molecule is NS(=O)(=O)c1ccc2ccncc2c1. The third kappa shape index (κ3) is 1.59. The summed E-state index contributed by atoms with van der Waals surface area (Å²) in [5, 5.41) is 6.70. The van der Waals surface area contributed by atoms with Gasteiger partial charge in [-0.1, -0.05) is 6.07 Å². The van der Waals surface area contributed by atoms with Crippen molar-refractivity contribution >= 4 is 20.8 Å². The van der Waals surface area contributed by atoms with E-state index in [0.717, 1.165) is 10.8 Å². The Morgan fingerprint density at radius 3 is 2.64 bits per heavy atom. The first-order valence-corrected chi connectivity index (χ1v) is 5.48. The molecule has 2 rings (SSSR count). The number of hydrogen-bond acceptors (Lipinski definition) is 3. The number of aromatic nitrogens is 1. The van der Waals surface area contributed by atoms with Crippen LogP contribution in [0.5, 0.6) is 0 Å². The lowest BCUT2D eigenvalue weighted by molar-refractivity contribution is 0.598. The van der Waals surface area contributed by atoms with E-state index in [-0.39, 0.29) is 4.90 Å². The molecule has 0 saturated heterocycles. The van der Waals surface area contributed by atoms with Gasteiger partial charge in [0.05, 0.1) is 4.90 Å². The molecule has 1 aromatic carbocycles. The molecule has 0 aliphatic carbocycles. The minimum absolute atomic E-state index is 0.109. The molecule has 0 aliphatic rings. The number of hydrogen-bond donors (Lipinski definition) is 1. The van der Waals surface area contributed by atoms with Crippen LogP contribution in [0.15, 0.2) is 41.6 Å². The van der Waals surface area contributed by atoms with E-state index in [2.05, 4.69) is 4.98 Å². The molecule has 0 radical (unpaired) electrons. The van der Waals surface area contributed by atoms with Crippen LogP contribution in [-0.4, -0.2) is 13.4 Å². The molecular formula is C9H8N2O2S. The minimum Gasteiger partial charge on any atom is -0.264 e. The van der Waals surface area contributed by atoms with Gasteiger partial charge in [0.1, 0.15) is 0 Å². The average molecular weight is 208 g/mol. The number of primary sulfonamides is 1. The van der Waals surface area contributed by atoms with E-state index in [9.17, 15) is 8.42 Å². The number of rotatable bonds is 1. The van der Waals surface area contributed by atoms with E-state index < -0.39 is 10.0 Å². The van der Waals surface area contributed by atoms with Crippen molar-refractivity contribution in [3.8, 4) is 0 Å². The predicted octanol–water partition coefficient (Wildman–Crippen LogP) is 0.882. The summed E-state index contributed by atoms with van der Waals surface area (Å²) in [7, 11) is -3.62. The molecule has 0 aliphatic heterocycles. The van der Waals surface area contributed by atoms with Crippen molar-refractivity contribution in [1.29, 1.82) is 0 Å². The first kappa shape index (κ1) is 9.11. The molecule has 5 heteroatoms. The first-order valence-electron chi connectivity index (χ1n) is 3.94. The van der Waals surface area contributed by atoms with Crippen molar-refractivity contribution in [2.24, 2.45) is 5.14 Å². The molecule has 2 N–H and O–H groups in total. The van der Waals surface area contributed by atoms with Crippen molar-refractivity contribution in [2.75, 3.05) is 0 Å². The lowest BCUT2D eigenvalue weighted by Gasteiger charge is -2.00. The Morgan fingerprint density at radius 1 is 1.14 bits per heavy atom. The molecule has 0 bridgehead atoms. The van der Waals surface area contributed by atoms with Gasteiger partial charge in [0.25, 0.3) is 0 Å². The van der Waals surface area contributed by atoms with Crippen LogP contribution in [0.4, 0.5) is 0 Å². The van der Waals surface area contributed by atoms with Gasteiger partial charge < -0.3 is 0 Å².